The maximum absolute atomic E-state index is 13.2. The molecule has 6 nitrogen and oxygen atoms in total. The number of nitrogens with one attached hydrogen (secondary N) is 1. The average Bonchev–Trinajstić information content (AvgIpc) is 2.76. The largest absolute Gasteiger partial charge is 0.409 e. The summed E-state index contributed by atoms with van der Waals surface area (Å²) >= 11 is 0. The molecule has 108 valence electrons. The molecule has 0 radical (unpaired) electrons. The lowest BCUT2D eigenvalue weighted by Crippen LogP contribution is -2.36. The Morgan fingerprint density at radius 2 is 2.40 bits per heavy atom. The van der Waals surface area contributed by atoms with Gasteiger partial charge in [0.1, 0.15) is 5.82 Å². The molecule has 1 unspecified atom stereocenters. The summed E-state index contributed by atoms with van der Waals surface area (Å²) in [6, 6.07) is 3.81. The molecule has 1 atom stereocenters. The van der Waals surface area contributed by atoms with E-state index in [-0.39, 0.29) is 17.8 Å². The van der Waals surface area contributed by atoms with Gasteiger partial charge < -0.3 is 21.2 Å². The fourth-order valence-electron chi connectivity index (χ4n) is 2.24. The smallest absolute Gasteiger partial charge is 0.239 e. The lowest BCUT2D eigenvalue weighted by Gasteiger charge is -2.14. The third-order valence-corrected chi connectivity index (χ3v) is 3.42. The van der Waals surface area contributed by atoms with Crippen LogP contribution in [-0.4, -0.2) is 41.5 Å². The molecule has 7 heteroatoms. The first-order valence-corrected chi connectivity index (χ1v) is 6.27. The predicted molar refractivity (Wildman–Crippen MR) is 71.8 cm³/mol. The first-order valence-electron chi connectivity index (χ1n) is 6.27. The summed E-state index contributed by atoms with van der Waals surface area (Å²) in [7, 11) is 1.75. The summed E-state index contributed by atoms with van der Waals surface area (Å²) in [5.41, 5.74) is 6.52. The van der Waals surface area contributed by atoms with Gasteiger partial charge in [0.25, 0.3) is 0 Å². The molecule has 1 aromatic rings. The van der Waals surface area contributed by atoms with Crippen LogP contribution >= 0.6 is 0 Å². The Balaban J connectivity index is 2.12. The highest BCUT2D eigenvalue weighted by Gasteiger charge is 2.28. The van der Waals surface area contributed by atoms with E-state index in [1.54, 1.807) is 18.0 Å². The van der Waals surface area contributed by atoms with Crippen LogP contribution in [0.2, 0.25) is 0 Å². The van der Waals surface area contributed by atoms with Gasteiger partial charge in [-0.2, -0.15) is 0 Å². The molecule has 1 amide bonds. The zero-order chi connectivity index (χ0) is 14.7. The fraction of sp³-hybridized carbons (Fsp3) is 0.385. The van der Waals surface area contributed by atoms with Crippen molar-refractivity contribution < 1.29 is 14.4 Å². The van der Waals surface area contributed by atoms with Crippen LogP contribution in [0, 0.1) is 5.82 Å². The monoisotopic (exact) mass is 280 g/mol. The Labute approximate surface area is 116 Å². The summed E-state index contributed by atoms with van der Waals surface area (Å²) in [6.45, 7) is 1.06. The predicted octanol–water partition coefficient (Wildman–Crippen LogP) is 0.240. The van der Waals surface area contributed by atoms with E-state index in [0.717, 1.165) is 6.42 Å². The van der Waals surface area contributed by atoms with Crippen LogP contribution in [-0.2, 0) is 11.3 Å². The molecule has 1 aromatic carbocycles. The first-order chi connectivity index (χ1) is 9.52. The van der Waals surface area contributed by atoms with E-state index in [4.69, 9.17) is 10.9 Å². The van der Waals surface area contributed by atoms with E-state index < -0.39 is 5.82 Å². The van der Waals surface area contributed by atoms with Gasteiger partial charge in [0.15, 0.2) is 5.84 Å². The van der Waals surface area contributed by atoms with Crippen molar-refractivity contribution in [1.29, 1.82) is 0 Å². The number of rotatable bonds is 4. The Morgan fingerprint density at radius 3 is 3.00 bits per heavy atom. The van der Waals surface area contributed by atoms with Crippen LogP contribution in [0.4, 0.5) is 4.39 Å². The van der Waals surface area contributed by atoms with Crippen LogP contribution < -0.4 is 11.1 Å². The molecular formula is C13H17FN4O2. The number of carbonyl (C=O) groups is 1. The van der Waals surface area contributed by atoms with Crippen LogP contribution in [0.1, 0.15) is 17.5 Å². The van der Waals surface area contributed by atoms with Gasteiger partial charge in [0, 0.05) is 25.7 Å². The van der Waals surface area contributed by atoms with Crippen molar-refractivity contribution in [2.75, 3.05) is 13.6 Å². The van der Waals surface area contributed by atoms with Crippen molar-refractivity contribution in [3.8, 4) is 0 Å². The Hall–Kier alpha value is -2.15. The van der Waals surface area contributed by atoms with Gasteiger partial charge in [0.05, 0.1) is 6.04 Å². The lowest BCUT2D eigenvalue weighted by atomic mass is 10.1. The fourth-order valence-corrected chi connectivity index (χ4v) is 2.24. The number of hydrogen-bond donors (Lipinski definition) is 3. The zero-order valence-electron chi connectivity index (χ0n) is 11.1. The van der Waals surface area contributed by atoms with Crippen LogP contribution in [0.5, 0.6) is 0 Å². The minimum Gasteiger partial charge on any atom is -0.409 e. The average molecular weight is 280 g/mol. The summed E-state index contributed by atoms with van der Waals surface area (Å²) < 4.78 is 13.2. The normalized spacial score (nSPS) is 19.7. The number of hydrogen-bond acceptors (Lipinski definition) is 4. The minimum absolute atomic E-state index is 0.0393. The standard InChI is InChI=1S/C13H17FN4O2/c1-18-5-4-11(13(18)19)16-7-8-2-3-9(14)6-10(8)12(15)17-20/h2-3,6,11,16,20H,4-5,7H2,1H3,(H2,15,17). The van der Waals surface area contributed by atoms with Crippen molar-refractivity contribution >= 4 is 11.7 Å². The molecule has 20 heavy (non-hydrogen) atoms. The molecule has 1 saturated heterocycles. The van der Waals surface area contributed by atoms with Crippen molar-refractivity contribution in [3.63, 3.8) is 0 Å². The van der Waals surface area contributed by atoms with Gasteiger partial charge in [-0.05, 0) is 24.1 Å². The molecule has 0 spiro atoms. The Kier molecular flexibility index (Phi) is 4.19. The van der Waals surface area contributed by atoms with Crippen molar-refractivity contribution in [2.45, 2.75) is 19.0 Å². The second kappa shape index (κ2) is 5.87. The number of amides is 1. The number of halogens is 1. The van der Waals surface area contributed by atoms with Crippen LogP contribution in [0.25, 0.3) is 0 Å². The number of nitrogens with two attached hydrogens (primary N) is 1. The van der Waals surface area contributed by atoms with E-state index in [9.17, 15) is 9.18 Å². The number of likely N-dealkylation sites (N-methyl/N-ethyl adjacent to an activating group) is 1. The molecule has 4 N–H and O–H groups in total. The minimum atomic E-state index is -0.466. The number of likely N-dealkylation sites (tertiary alicyclic amines) is 1. The van der Waals surface area contributed by atoms with Gasteiger partial charge in [-0.15, -0.1) is 0 Å². The summed E-state index contributed by atoms with van der Waals surface area (Å²) in [4.78, 5) is 13.4. The number of oxime groups is 1. The molecule has 0 bridgehead atoms. The Bertz CT molecular complexity index is 547. The maximum Gasteiger partial charge on any atom is 0.239 e. The molecule has 0 saturated carbocycles. The third-order valence-electron chi connectivity index (χ3n) is 3.42. The van der Waals surface area contributed by atoms with Crippen LogP contribution in [0.3, 0.4) is 0 Å². The van der Waals surface area contributed by atoms with E-state index in [1.165, 1.54) is 12.1 Å². The molecule has 1 aliphatic rings. The van der Waals surface area contributed by atoms with Crippen molar-refractivity contribution in [2.24, 2.45) is 10.9 Å². The topological polar surface area (TPSA) is 90.9 Å². The molecular weight excluding hydrogens is 263 g/mol. The summed E-state index contributed by atoms with van der Waals surface area (Å²) in [5.74, 6) is -0.583. The highest BCUT2D eigenvalue weighted by molar-refractivity contribution is 5.98. The van der Waals surface area contributed by atoms with Crippen molar-refractivity contribution in [1.82, 2.24) is 10.2 Å². The summed E-state index contributed by atoms with van der Waals surface area (Å²) in [6.07, 6.45) is 0.732. The second-order valence-electron chi connectivity index (χ2n) is 4.77. The summed E-state index contributed by atoms with van der Waals surface area (Å²) in [5, 5.41) is 14.7. The number of carbonyl (C=O) groups excluding carboxylic acids is 1. The lowest BCUT2D eigenvalue weighted by molar-refractivity contribution is -0.128. The van der Waals surface area contributed by atoms with E-state index in [2.05, 4.69) is 10.5 Å². The van der Waals surface area contributed by atoms with Crippen LogP contribution in [0.15, 0.2) is 23.4 Å². The maximum atomic E-state index is 13.2. The molecule has 2 rings (SSSR count). The van der Waals surface area contributed by atoms with E-state index in [0.29, 0.717) is 24.2 Å². The molecule has 1 heterocycles. The molecule has 0 aromatic heterocycles. The molecule has 0 aliphatic carbocycles. The third kappa shape index (κ3) is 2.88. The van der Waals surface area contributed by atoms with Gasteiger partial charge in [-0.25, -0.2) is 4.39 Å². The van der Waals surface area contributed by atoms with Gasteiger partial charge in [-0.1, -0.05) is 11.2 Å². The number of amidine groups is 1. The SMILES string of the molecule is CN1CCC(NCc2ccc(F)cc2/C(N)=N/O)C1=O. The number of benzene rings is 1. The molecule has 1 aliphatic heterocycles. The zero-order valence-corrected chi connectivity index (χ0v) is 11.1. The van der Waals surface area contributed by atoms with Crippen molar-refractivity contribution in [3.05, 3.63) is 35.1 Å². The van der Waals surface area contributed by atoms with Gasteiger partial charge in [0.2, 0.25) is 5.91 Å². The van der Waals surface area contributed by atoms with E-state index >= 15 is 0 Å². The highest BCUT2D eigenvalue weighted by atomic mass is 19.1. The van der Waals surface area contributed by atoms with E-state index in [1.807, 2.05) is 0 Å². The molecule has 1 fully saturated rings. The van der Waals surface area contributed by atoms with Gasteiger partial charge >= 0.3 is 0 Å². The second-order valence-corrected chi connectivity index (χ2v) is 4.77. The van der Waals surface area contributed by atoms with Gasteiger partial charge in [-0.3, -0.25) is 4.79 Å². The Morgan fingerprint density at radius 1 is 1.65 bits per heavy atom. The highest BCUT2D eigenvalue weighted by Crippen LogP contribution is 2.14. The quantitative estimate of drug-likeness (QED) is 0.319. The number of nitrogens with zero attached hydrogens (tertiary/aromatic N) is 2. The first kappa shape index (κ1) is 14.3.